The number of carbonyl (C=O) groups is 1. The predicted octanol–water partition coefficient (Wildman–Crippen LogP) is 3.15. The summed E-state index contributed by atoms with van der Waals surface area (Å²) in [5, 5.41) is 3.02. The molecule has 2 aromatic carbocycles. The van der Waals surface area contributed by atoms with Crippen LogP contribution in [0.4, 0.5) is 9.18 Å². The molecule has 6 nitrogen and oxygen atoms in total. The van der Waals surface area contributed by atoms with Gasteiger partial charge in [-0.1, -0.05) is 23.8 Å². The van der Waals surface area contributed by atoms with E-state index < -0.39 is 10.0 Å². The van der Waals surface area contributed by atoms with Gasteiger partial charge in [0.2, 0.25) is 10.0 Å². The summed E-state index contributed by atoms with van der Waals surface area (Å²) >= 11 is 0. The molecule has 1 saturated heterocycles. The molecule has 1 fully saturated rings. The predicted molar refractivity (Wildman–Crippen MR) is 112 cm³/mol. The van der Waals surface area contributed by atoms with Crippen molar-refractivity contribution in [3.05, 3.63) is 64.5 Å². The Bertz CT molecular complexity index is 1080. The van der Waals surface area contributed by atoms with Gasteiger partial charge in [0.1, 0.15) is 5.82 Å². The molecule has 2 aliphatic rings. The van der Waals surface area contributed by atoms with E-state index in [0.29, 0.717) is 18.0 Å². The van der Waals surface area contributed by atoms with E-state index in [-0.39, 0.29) is 31.0 Å². The van der Waals surface area contributed by atoms with Crippen molar-refractivity contribution >= 4 is 16.1 Å². The number of nitrogens with zero attached hydrogens (tertiary/aromatic N) is 2. The van der Waals surface area contributed by atoms with Gasteiger partial charge < -0.3 is 10.2 Å². The second-order valence-electron chi connectivity index (χ2n) is 8.04. The molecule has 0 saturated carbocycles. The summed E-state index contributed by atoms with van der Waals surface area (Å²) < 4.78 is 40.9. The maximum absolute atomic E-state index is 13.4. The van der Waals surface area contributed by atoms with Crippen molar-refractivity contribution < 1.29 is 17.6 Å². The number of halogens is 1. The second-order valence-corrected chi connectivity index (χ2v) is 9.95. The van der Waals surface area contributed by atoms with Crippen LogP contribution in [0.1, 0.15) is 34.7 Å². The summed E-state index contributed by atoms with van der Waals surface area (Å²) in [7, 11) is -3.59. The van der Waals surface area contributed by atoms with Crippen LogP contribution in [0, 0.1) is 19.7 Å². The first-order valence-corrected chi connectivity index (χ1v) is 11.6. The molecule has 0 bridgehead atoms. The first-order valence-electron chi connectivity index (χ1n) is 10.2. The van der Waals surface area contributed by atoms with Crippen molar-refractivity contribution in [2.75, 3.05) is 26.2 Å². The molecule has 1 heterocycles. The molecule has 0 spiro atoms. The van der Waals surface area contributed by atoms with E-state index in [1.807, 2.05) is 13.0 Å². The number of sulfonamides is 1. The van der Waals surface area contributed by atoms with Gasteiger partial charge in [-0.2, -0.15) is 4.31 Å². The lowest BCUT2D eigenvalue weighted by Crippen LogP contribution is -2.53. The molecule has 1 aliphatic carbocycles. The zero-order chi connectivity index (χ0) is 21.5. The van der Waals surface area contributed by atoms with Crippen molar-refractivity contribution in [3.63, 3.8) is 0 Å². The summed E-state index contributed by atoms with van der Waals surface area (Å²) in [6, 6.07) is 9.65. The van der Waals surface area contributed by atoms with Crippen LogP contribution in [-0.2, 0) is 16.4 Å². The maximum Gasteiger partial charge on any atom is 0.317 e. The molecule has 2 amide bonds. The van der Waals surface area contributed by atoms with Gasteiger partial charge in [-0.3, -0.25) is 0 Å². The van der Waals surface area contributed by atoms with Crippen LogP contribution in [0.25, 0.3) is 0 Å². The summed E-state index contributed by atoms with van der Waals surface area (Å²) in [4.78, 5) is 14.7. The fraction of sp³-hybridized carbons (Fsp3) is 0.409. The van der Waals surface area contributed by atoms with Crippen LogP contribution in [0.3, 0.4) is 0 Å². The molecule has 4 rings (SSSR count). The van der Waals surface area contributed by atoms with Gasteiger partial charge in [0.25, 0.3) is 0 Å². The zero-order valence-corrected chi connectivity index (χ0v) is 18.0. The number of urea groups is 1. The molecule has 30 heavy (non-hydrogen) atoms. The van der Waals surface area contributed by atoms with Gasteiger partial charge in [0.05, 0.1) is 10.9 Å². The van der Waals surface area contributed by atoms with Crippen molar-refractivity contribution in [2.24, 2.45) is 0 Å². The highest BCUT2D eigenvalue weighted by Crippen LogP contribution is 2.31. The van der Waals surface area contributed by atoms with E-state index in [1.165, 1.54) is 16.4 Å². The van der Waals surface area contributed by atoms with Crippen LogP contribution in [0.2, 0.25) is 0 Å². The highest BCUT2D eigenvalue weighted by molar-refractivity contribution is 7.89. The molecule has 0 radical (unpaired) electrons. The van der Waals surface area contributed by atoms with Crippen LogP contribution in [0.15, 0.2) is 41.3 Å². The zero-order valence-electron chi connectivity index (χ0n) is 17.2. The van der Waals surface area contributed by atoms with Crippen LogP contribution in [-0.4, -0.2) is 49.8 Å². The Morgan fingerprint density at radius 3 is 2.50 bits per heavy atom. The second kappa shape index (κ2) is 8.00. The van der Waals surface area contributed by atoms with Gasteiger partial charge in [-0.15, -0.1) is 0 Å². The van der Waals surface area contributed by atoms with E-state index in [4.69, 9.17) is 0 Å². The van der Waals surface area contributed by atoms with E-state index >= 15 is 0 Å². The van der Waals surface area contributed by atoms with E-state index in [9.17, 15) is 17.6 Å². The molecule has 2 aromatic rings. The van der Waals surface area contributed by atoms with Crippen molar-refractivity contribution in [2.45, 2.75) is 37.6 Å². The lowest BCUT2D eigenvalue weighted by atomic mass is 10.1. The van der Waals surface area contributed by atoms with Crippen molar-refractivity contribution in [1.29, 1.82) is 0 Å². The third-order valence-corrected chi connectivity index (χ3v) is 8.01. The van der Waals surface area contributed by atoms with Crippen LogP contribution < -0.4 is 5.32 Å². The molecule has 0 aromatic heterocycles. The minimum absolute atomic E-state index is 0.134. The highest BCUT2D eigenvalue weighted by atomic mass is 32.2. The number of hydrogen-bond donors (Lipinski definition) is 1. The van der Waals surface area contributed by atoms with Crippen molar-refractivity contribution in [1.82, 2.24) is 14.5 Å². The summed E-state index contributed by atoms with van der Waals surface area (Å²) in [5.74, 6) is -0.262. The largest absolute Gasteiger partial charge is 0.331 e. The number of carbonyl (C=O) groups excluding carboxylic acids is 1. The molecule has 1 N–H and O–H groups in total. The number of rotatable bonds is 3. The lowest BCUT2D eigenvalue weighted by molar-refractivity contribution is 0.169. The summed E-state index contributed by atoms with van der Waals surface area (Å²) in [6.07, 6.45) is 1.48. The third-order valence-electron chi connectivity index (χ3n) is 5.95. The quantitative estimate of drug-likeness (QED) is 0.812. The summed E-state index contributed by atoms with van der Waals surface area (Å²) in [6.45, 7) is 4.91. The Morgan fingerprint density at radius 1 is 1.07 bits per heavy atom. The third kappa shape index (κ3) is 3.94. The van der Waals surface area contributed by atoms with Crippen LogP contribution in [0.5, 0.6) is 0 Å². The topological polar surface area (TPSA) is 69.7 Å². The molecule has 8 heteroatoms. The fourth-order valence-electron chi connectivity index (χ4n) is 4.34. The summed E-state index contributed by atoms with van der Waals surface area (Å²) in [5.41, 5.74) is 3.64. The average Bonchev–Trinajstić information content (AvgIpc) is 3.09. The number of fused-ring (bicyclic) bond motifs is 1. The highest BCUT2D eigenvalue weighted by Gasteiger charge is 2.32. The fourth-order valence-corrected chi connectivity index (χ4v) is 5.96. The lowest BCUT2D eigenvalue weighted by Gasteiger charge is -2.35. The van der Waals surface area contributed by atoms with Gasteiger partial charge >= 0.3 is 6.03 Å². The van der Waals surface area contributed by atoms with Gasteiger partial charge in [0, 0.05) is 26.2 Å². The molecule has 160 valence electrons. The first-order chi connectivity index (χ1) is 14.3. The normalized spacial score (nSPS) is 19.6. The smallest absolute Gasteiger partial charge is 0.317 e. The number of nitrogens with one attached hydrogen (secondary N) is 1. The molecule has 1 aliphatic heterocycles. The van der Waals surface area contributed by atoms with Crippen LogP contribution >= 0.6 is 0 Å². The Kier molecular flexibility index (Phi) is 5.55. The maximum atomic E-state index is 13.4. The van der Waals surface area contributed by atoms with Crippen molar-refractivity contribution in [3.8, 4) is 0 Å². The van der Waals surface area contributed by atoms with E-state index in [2.05, 4.69) is 5.32 Å². The minimum atomic E-state index is -3.59. The van der Waals surface area contributed by atoms with E-state index in [1.54, 1.807) is 30.0 Å². The van der Waals surface area contributed by atoms with Gasteiger partial charge in [-0.05, 0) is 61.6 Å². The average molecular weight is 432 g/mol. The van der Waals surface area contributed by atoms with Gasteiger partial charge in [0.15, 0.2) is 0 Å². The molecule has 1 atom stereocenters. The number of amides is 2. The Morgan fingerprint density at radius 2 is 1.80 bits per heavy atom. The Hall–Kier alpha value is -2.45. The first kappa shape index (κ1) is 20.8. The molecule has 1 unspecified atom stereocenters. The number of aryl methyl sites for hydroxylation is 3. The number of benzene rings is 2. The standard InChI is InChI=1S/C22H26FN3O3S/c1-15-3-8-21(16(2)13-15)30(28,29)26-11-9-25(10-12-26)22(27)24-20-7-4-17-14-18(23)5-6-19(17)20/h3,5-6,8,13-14,20H,4,7,9-12H2,1-2H3,(H,24,27). The molecular weight excluding hydrogens is 405 g/mol. The van der Waals surface area contributed by atoms with E-state index in [0.717, 1.165) is 35.1 Å². The number of piperazine rings is 1. The van der Waals surface area contributed by atoms with Gasteiger partial charge in [-0.25, -0.2) is 17.6 Å². The minimum Gasteiger partial charge on any atom is -0.331 e. The Labute approximate surface area is 176 Å². The number of hydrogen-bond acceptors (Lipinski definition) is 3. The SMILES string of the molecule is Cc1ccc(S(=O)(=O)N2CCN(C(=O)NC3CCc4cc(F)ccc43)CC2)c(C)c1. The Balaban J connectivity index is 1.38. The monoisotopic (exact) mass is 431 g/mol. The molecular formula is C22H26FN3O3S.